The van der Waals surface area contributed by atoms with Gasteiger partial charge in [0.2, 0.25) is 0 Å². The van der Waals surface area contributed by atoms with E-state index < -0.39 is 0 Å². The van der Waals surface area contributed by atoms with E-state index in [1.807, 2.05) is 19.5 Å². The van der Waals surface area contributed by atoms with Crippen LogP contribution in [0.25, 0.3) is 16.7 Å². The zero-order valence-corrected chi connectivity index (χ0v) is 19.1. The normalized spacial score (nSPS) is 36.3. The van der Waals surface area contributed by atoms with Crippen LogP contribution in [0, 0.1) is 28.6 Å². The zero-order chi connectivity index (χ0) is 21.6. The van der Waals surface area contributed by atoms with Crippen molar-refractivity contribution >= 4 is 23.0 Å². The van der Waals surface area contributed by atoms with Crippen LogP contribution in [0.1, 0.15) is 52.4 Å². The molecule has 5 unspecified atom stereocenters. The van der Waals surface area contributed by atoms with Crippen LogP contribution in [-0.4, -0.2) is 29.4 Å². The molecule has 1 aromatic heterocycles. The minimum atomic E-state index is 0.124. The SMILES string of the molecule is CNCCC1(C)/C(=C\C=O)CCC2C3CC=C(n4cnc5ccccc54)C3(C)CCC21. The summed E-state index contributed by atoms with van der Waals surface area (Å²) in [5.41, 5.74) is 5.45. The van der Waals surface area contributed by atoms with Crippen LogP contribution in [0.5, 0.6) is 0 Å². The first-order valence-corrected chi connectivity index (χ1v) is 12.0. The lowest BCUT2D eigenvalue weighted by molar-refractivity contribution is -0.104. The maximum atomic E-state index is 11.4. The van der Waals surface area contributed by atoms with Gasteiger partial charge < -0.3 is 9.88 Å². The predicted octanol–water partition coefficient (Wildman–Crippen LogP) is 5.46. The van der Waals surface area contributed by atoms with E-state index >= 15 is 0 Å². The van der Waals surface area contributed by atoms with Gasteiger partial charge in [0.1, 0.15) is 12.6 Å². The molecule has 0 bridgehead atoms. The van der Waals surface area contributed by atoms with Gasteiger partial charge in [0, 0.05) is 11.1 Å². The number of nitrogens with one attached hydrogen (secondary N) is 1. The molecular formula is C27H35N3O. The molecule has 5 rings (SSSR count). The minimum absolute atomic E-state index is 0.124. The van der Waals surface area contributed by atoms with Gasteiger partial charge in [-0.15, -0.1) is 0 Å². The first-order chi connectivity index (χ1) is 15.0. The first-order valence-electron chi connectivity index (χ1n) is 12.0. The number of benzene rings is 1. The summed E-state index contributed by atoms with van der Waals surface area (Å²) >= 11 is 0. The number of carbonyl (C=O) groups is 1. The Morgan fingerprint density at radius 3 is 2.87 bits per heavy atom. The molecular weight excluding hydrogens is 382 g/mol. The fourth-order valence-corrected chi connectivity index (χ4v) is 7.48. The Balaban J connectivity index is 1.49. The molecule has 1 N–H and O–H groups in total. The van der Waals surface area contributed by atoms with Gasteiger partial charge in [-0.05, 0) is 93.5 Å². The molecule has 0 spiro atoms. The van der Waals surface area contributed by atoms with Gasteiger partial charge in [0.25, 0.3) is 0 Å². The van der Waals surface area contributed by atoms with Crippen molar-refractivity contribution in [2.24, 2.45) is 28.6 Å². The second kappa shape index (κ2) is 7.74. The highest BCUT2D eigenvalue weighted by Gasteiger charge is 2.56. The lowest BCUT2D eigenvalue weighted by Crippen LogP contribution is -2.49. The molecule has 2 fully saturated rings. The molecule has 0 saturated heterocycles. The molecule has 164 valence electrons. The van der Waals surface area contributed by atoms with E-state index in [1.165, 1.54) is 36.0 Å². The van der Waals surface area contributed by atoms with Crippen molar-refractivity contribution in [2.75, 3.05) is 13.6 Å². The van der Waals surface area contributed by atoms with E-state index in [1.54, 1.807) is 0 Å². The Bertz CT molecular complexity index is 1050. The zero-order valence-electron chi connectivity index (χ0n) is 19.1. The van der Waals surface area contributed by atoms with E-state index in [4.69, 9.17) is 0 Å². The molecule has 3 aliphatic rings. The van der Waals surface area contributed by atoms with E-state index in [9.17, 15) is 4.79 Å². The molecule has 31 heavy (non-hydrogen) atoms. The number of aromatic nitrogens is 2. The monoisotopic (exact) mass is 417 g/mol. The van der Waals surface area contributed by atoms with Gasteiger partial charge in [-0.1, -0.05) is 37.6 Å². The van der Waals surface area contributed by atoms with Gasteiger partial charge in [-0.25, -0.2) is 4.98 Å². The lowest BCUT2D eigenvalue weighted by atomic mass is 9.48. The Kier molecular flexibility index (Phi) is 5.16. The van der Waals surface area contributed by atoms with Crippen LogP contribution in [0.4, 0.5) is 0 Å². The van der Waals surface area contributed by atoms with Crippen molar-refractivity contribution < 1.29 is 4.79 Å². The van der Waals surface area contributed by atoms with Crippen LogP contribution >= 0.6 is 0 Å². The number of carbonyl (C=O) groups excluding carboxylic acids is 1. The van der Waals surface area contributed by atoms with E-state index in [-0.39, 0.29) is 10.8 Å². The molecule has 5 atom stereocenters. The highest BCUT2D eigenvalue weighted by molar-refractivity contribution is 5.80. The summed E-state index contributed by atoms with van der Waals surface area (Å²) in [6.45, 7) is 5.94. The lowest BCUT2D eigenvalue weighted by Gasteiger charge is -2.57. The average Bonchev–Trinajstić information content (AvgIpc) is 3.35. The number of fused-ring (bicyclic) bond motifs is 4. The number of nitrogens with zero attached hydrogens (tertiary/aromatic N) is 2. The molecule has 1 aromatic carbocycles. The van der Waals surface area contributed by atoms with Crippen molar-refractivity contribution in [1.82, 2.24) is 14.9 Å². The molecule has 0 radical (unpaired) electrons. The maximum absolute atomic E-state index is 11.4. The van der Waals surface area contributed by atoms with Crippen LogP contribution in [0.3, 0.4) is 0 Å². The maximum Gasteiger partial charge on any atom is 0.142 e. The summed E-state index contributed by atoms with van der Waals surface area (Å²) in [6.07, 6.45) is 14.4. The van der Waals surface area contributed by atoms with Crippen molar-refractivity contribution in [3.63, 3.8) is 0 Å². The van der Waals surface area contributed by atoms with Crippen LogP contribution in [0.2, 0.25) is 0 Å². The van der Waals surface area contributed by atoms with Crippen LogP contribution in [0.15, 0.2) is 48.3 Å². The van der Waals surface area contributed by atoms with Crippen LogP contribution in [-0.2, 0) is 4.79 Å². The van der Waals surface area contributed by atoms with Gasteiger partial charge in [0.15, 0.2) is 0 Å². The van der Waals surface area contributed by atoms with Gasteiger partial charge in [-0.3, -0.25) is 4.79 Å². The quantitative estimate of drug-likeness (QED) is 0.519. The summed E-state index contributed by atoms with van der Waals surface area (Å²) in [6, 6.07) is 8.48. The summed E-state index contributed by atoms with van der Waals surface area (Å²) < 4.78 is 2.36. The van der Waals surface area contributed by atoms with Gasteiger partial charge >= 0.3 is 0 Å². The second-order valence-corrected chi connectivity index (χ2v) is 10.4. The number of rotatable bonds is 5. The standard InChI is InChI=1S/C27H35N3O/c1-26(15-16-28-3)19(13-17-31)8-9-20-21-10-11-25(27(21,2)14-12-22(20)26)30-18-29-23-6-4-5-7-24(23)30/h4-7,11,13,17-18,20-22,28H,8-10,12,14-16H2,1-3H3/b19-13-. The van der Waals surface area contributed by atoms with Crippen molar-refractivity contribution in [3.8, 4) is 0 Å². The highest BCUT2D eigenvalue weighted by Crippen LogP contribution is 2.65. The number of allylic oxidation sites excluding steroid dienone is 4. The third-order valence-corrected chi connectivity index (χ3v) is 9.15. The summed E-state index contributed by atoms with van der Waals surface area (Å²) in [7, 11) is 2.04. The van der Waals surface area contributed by atoms with Crippen molar-refractivity contribution in [3.05, 3.63) is 48.3 Å². The Labute approximate surface area is 185 Å². The molecule has 3 aliphatic carbocycles. The van der Waals surface area contributed by atoms with Crippen LogP contribution < -0.4 is 5.32 Å². The average molecular weight is 418 g/mol. The predicted molar refractivity (Wildman–Crippen MR) is 126 cm³/mol. The smallest absolute Gasteiger partial charge is 0.142 e. The second-order valence-electron chi connectivity index (χ2n) is 10.4. The molecule has 0 aliphatic heterocycles. The Hall–Kier alpha value is -2.20. The summed E-state index contributed by atoms with van der Waals surface area (Å²) in [5, 5.41) is 3.36. The first kappa shape index (κ1) is 20.7. The molecule has 4 nitrogen and oxygen atoms in total. The number of hydrogen-bond acceptors (Lipinski definition) is 3. The minimum Gasteiger partial charge on any atom is -0.320 e. The molecule has 2 aromatic rings. The number of aldehydes is 1. The third kappa shape index (κ3) is 3.06. The van der Waals surface area contributed by atoms with Crippen molar-refractivity contribution in [1.29, 1.82) is 0 Å². The van der Waals surface area contributed by atoms with Gasteiger partial charge in [-0.2, -0.15) is 0 Å². The number of hydrogen-bond donors (Lipinski definition) is 1. The largest absolute Gasteiger partial charge is 0.320 e. The van der Waals surface area contributed by atoms with E-state index in [0.29, 0.717) is 17.8 Å². The Morgan fingerprint density at radius 1 is 1.23 bits per heavy atom. The molecule has 0 amide bonds. The summed E-state index contributed by atoms with van der Waals surface area (Å²) in [4.78, 5) is 16.1. The third-order valence-electron chi connectivity index (χ3n) is 9.15. The summed E-state index contributed by atoms with van der Waals surface area (Å²) in [5.74, 6) is 2.05. The van der Waals surface area contributed by atoms with E-state index in [2.05, 4.69) is 59.1 Å². The van der Waals surface area contributed by atoms with Gasteiger partial charge in [0.05, 0.1) is 11.0 Å². The van der Waals surface area contributed by atoms with Crippen molar-refractivity contribution in [2.45, 2.75) is 52.4 Å². The fraction of sp³-hybridized carbons (Fsp3) is 0.556. The molecule has 2 saturated carbocycles. The highest BCUT2D eigenvalue weighted by atomic mass is 16.1. The fourth-order valence-electron chi connectivity index (χ4n) is 7.48. The Morgan fingerprint density at radius 2 is 2.06 bits per heavy atom. The molecule has 1 heterocycles. The molecule has 4 heteroatoms. The number of imidazole rings is 1. The topological polar surface area (TPSA) is 46.9 Å². The van der Waals surface area contributed by atoms with E-state index in [0.717, 1.165) is 37.6 Å². The number of para-hydroxylation sites is 2.